The second-order valence-corrected chi connectivity index (χ2v) is 3.96. The molecule has 1 aromatic heterocycles. The fourth-order valence-electron chi connectivity index (χ4n) is 1.69. The fraction of sp³-hybridized carbons (Fsp3) is 0.167. The molecule has 0 saturated heterocycles. The standard InChI is InChI=1S/C12H12N4O3/c1-8-14-11(6-12(17)15-8)13-7-9-4-2-3-5-10(9)16(18)19/h2-6H,7H2,1H3,(H2,13,14,15,17). The molecule has 0 aliphatic carbocycles. The summed E-state index contributed by atoms with van der Waals surface area (Å²) in [6.07, 6.45) is 0. The van der Waals surface area contributed by atoms with Crippen LogP contribution in [0.3, 0.4) is 0 Å². The van der Waals surface area contributed by atoms with E-state index in [4.69, 9.17) is 0 Å². The molecule has 0 atom stereocenters. The summed E-state index contributed by atoms with van der Waals surface area (Å²) in [4.78, 5) is 28.3. The van der Waals surface area contributed by atoms with Crippen LogP contribution in [0.1, 0.15) is 11.4 Å². The number of H-pyrrole nitrogens is 1. The lowest BCUT2D eigenvalue weighted by Gasteiger charge is -2.06. The van der Waals surface area contributed by atoms with Crippen molar-refractivity contribution >= 4 is 11.5 Å². The molecule has 0 aliphatic rings. The van der Waals surface area contributed by atoms with Gasteiger partial charge in [0.25, 0.3) is 11.2 Å². The van der Waals surface area contributed by atoms with E-state index in [0.29, 0.717) is 17.2 Å². The minimum atomic E-state index is -0.437. The summed E-state index contributed by atoms with van der Waals surface area (Å²) in [6.45, 7) is 1.89. The number of aromatic amines is 1. The van der Waals surface area contributed by atoms with Crippen LogP contribution in [0.2, 0.25) is 0 Å². The van der Waals surface area contributed by atoms with Crippen LogP contribution in [-0.4, -0.2) is 14.9 Å². The zero-order valence-electron chi connectivity index (χ0n) is 10.2. The van der Waals surface area contributed by atoms with Crippen molar-refractivity contribution in [2.75, 3.05) is 5.32 Å². The quantitative estimate of drug-likeness (QED) is 0.642. The van der Waals surface area contributed by atoms with Crippen molar-refractivity contribution in [2.24, 2.45) is 0 Å². The minimum absolute atomic E-state index is 0.0385. The van der Waals surface area contributed by atoms with E-state index in [1.54, 1.807) is 25.1 Å². The van der Waals surface area contributed by atoms with Gasteiger partial charge in [0.1, 0.15) is 11.6 Å². The van der Waals surface area contributed by atoms with E-state index in [0.717, 1.165) is 0 Å². The third kappa shape index (κ3) is 3.15. The Hall–Kier alpha value is -2.70. The molecule has 2 rings (SSSR count). The Morgan fingerprint density at radius 3 is 2.84 bits per heavy atom. The highest BCUT2D eigenvalue weighted by atomic mass is 16.6. The van der Waals surface area contributed by atoms with Gasteiger partial charge in [-0.05, 0) is 6.92 Å². The van der Waals surface area contributed by atoms with Gasteiger partial charge >= 0.3 is 0 Å². The van der Waals surface area contributed by atoms with Gasteiger partial charge in [0.2, 0.25) is 0 Å². The van der Waals surface area contributed by atoms with Crippen molar-refractivity contribution in [1.29, 1.82) is 0 Å². The number of nitro benzene ring substituents is 1. The van der Waals surface area contributed by atoms with Gasteiger partial charge in [-0.15, -0.1) is 0 Å². The molecular weight excluding hydrogens is 248 g/mol. The molecule has 0 radical (unpaired) electrons. The third-order valence-electron chi connectivity index (χ3n) is 2.51. The number of anilines is 1. The Labute approximate surface area is 108 Å². The van der Waals surface area contributed by atoms with Crippen LogP contribution in [-0.2, 0) is 6.54 Å². The summed E-state index contributed by atoms with van der Waals surface area (Å²) in [7, 11) is 0. The van der Waals surface area contributed by atoms with E-state index in [1.165, 1.54) is 12.1 Å². The van der Waals surface area contributed by atoms with E-state index in [2.05, 4.69) is 15.3 Å². The molecule has 0 spiro atoms. The molecule has 7 nitrogen and oxygen atoms in total. The molecule has 2 N–H and O–H groups in total. The van der Waals surface area contributed by atoms with Crippen LogP contribution >= 0.6 is 0 Å². The van der Waals surface area contributed by atoms with Gasteiger partial charge < -0.3 is 10.3 Å². The summed E-state index contributed by atoms with van der Waals surface area (Å²) >= 11 is 0. The van der Waals surface area contributed by atoms with E-state index in [9.17, 15) is 14.9 Å². The second kappa shape index (κ2) is 5.30. The Bertz CT molecular complexity index is 666. The Balaban J connectivity index is 2.19. The van der Waals surface area contributed by atoms with Crippen molar-refractivity contribution in [3.63, 3.8) is 0 Å². The lowest BCUT2D eigenvalue weighted by atomic mass is 10.2. The Kier molecular flexibility index (Phi) is 3.56. The summed E-state index contributed by atoms with van der Waals surface area (Å²) in [5, 5.41) is 13.8. The van der Waals surface area contributed by atoms with E-state index < -0.39 is 4.92 Å². The van der Waals surface area contributed by atoms with Crippen LogP contribution in [0.15, 0.2) is 35.1 Å². The molecule has 1 aromatic carbocycles. The lowest BCUT2D eigenvalue weighted by Crippen LogP contribution is -2.12. The normalized spacial score (nSPS) is 10.2. The van der Waals surface area contributed by atoms with Crippen LogP contribution in [0.5, 0.6) is 0 Å². The first kappa shape index (κ1) is 12.7. The molecule has 2 aromatic rings. The maximum atomic E-state index is 11.3. The van der Waals surface area contributed by atoms with Crippen molar-refractivity contribution < 1.29 is 4.92 Å². The number of nitrogens with zero attached hydrogens (tertiary/aromatic N) is 2. The third-order valence-corrected chi connectivity index (χ3v) is 2.51. The largest absolute Gasteiger partial charge is 0.366 e. The number of hydrogen-bond acceptors (Lipinski definition) is 5. The maximum Gasteiger partial charge on any atom is 0.274 e. The highest BCUT2D eigenvalue weighted by Gasteiger charge is 2.11. The molecular formula is C12H12N4O3. The fourth-order valence-corrected chi connectivity index (χ4v) is 1.69. The number of para-hydroxylation sites is 1. The van der Waals surface area contributed by atoms with Gasteiger partial charge in [-0.3, -0.25) is 14.9 Å². The first-order chi connectivity index (χ1) is 9.06. The number of nitrogens with one attached hydrogen (secondary N) is 2. The first-order valence-corrected chi connectivity index (χ1v) is 5.60. The zero-order valence-corrected chi connectivity index (χ0v) is 10.2. The number of benzene rings is 1. The zero-order chi connectivity index (χ0) is 13.8. The topological polar surface area (TPSA) is 101 Å². The summed E-state index contributed by atoms with van der Waals surface area (Å²) in [5.41, 5.74) is 0.307. The smallest absolute Gasteiger partial charge is 0.274 e. The number of hydrogen-bond donors (Lipinski definition) is 2. The van der Waals surface area contributed by atoms with Gasteiger partial charge in [-0.25, -0.2) is 4.98 Å². The minimum Gasteiger partial charge on any atom is -0.366 e. The van der Waals surface area contributed by atoms with E-state index in [-0.39, 0.29) is 17.8 Å². The van der Waals surface area contributed by atoms with Crippen molar-refractivity contribution in [2.45, 2.75) is 13.5 Å². The average molecular weight is 260 g/mol. The first-order valence-electron chi connectivity index (χ1n) is 5.60. The van der Waals surface area contributed by atoms with Crippen LogP contribution < -0.4 is 10.9 Å². The number of rotatable bonds is 4. The van der Waals surface area contributed by atoms with Crippen LogP contribution in [0.25, 0.3) is 0 Å². The molecule has 0 saturated carbocycles. The summed E-state index contributed by atoms with van der Waals surface area (Å²) < 4.78 is 0. The molecule has 0 fully saturated rings. The van der Waals surface area contributed by atoms with Gasteiger partial charge in [0.15, 0.2) is 0 Å². The molecule has 0 bridgehead atoms. The lowest BCUT2D eigenvalue weighted by molar-refractivity contribution is -0.385. The average Bonchev–Trinajstić information content (AvgIpc) is 2.35. The molecule has 98 valence electrons. The Morgan fingerprint density at radius 2 is 2.16 bits per heavy atom. The molecule has 19 heavy (non-hydrogen) atoms. The molecule has 0 amide bonds. The monoisotopic (exact) mass is 260 g/mol. The highest BCUT2D eigenvalue weighted by molar-refractivity contribution is 5.43. The number of aromatic nitrogens is 2. The predicted octanol–water partition coefficient (Wildman–Crippen LogP) is 1.60. The van der Waals surface area contributed by atoms with Gasteiger partial charge in [0, 0.05) is 24.2 Å². The number of nitro groups is 1. The van der Waals surface area contributed by atoms with Gasteiger partial charge in [-0.2, -0.15) is 0 Å². The van der Waals surface area contributed by atoms with Crippen molar-refractivity contribution in [3.05, 3.63) is 62.2 Å². The van der Waals surface area contributed by atoms with Gasteiger partial charge in [0.05, 0.1) is 4.92 Å². The predicted molar refractivity (Wildman–Crippen MR) is 70.0 cm³/mol. The maximum absolute atomic E-state index is 11.3. The van der Waals surface area contributed by atoms with Crippen LogP contribution in [0, 0.1) is 17.0 Å². The SMILES string of the molecule is Cc1nc(NCc2ccccc2[N+](=O)[O-])cc(=O)[nH]1. The molecule has 0 aliphatic heterocycles. The Morgan fingerprint density at radius 1 is 1.42 bits per heavy atom. The second-order valence-electron chi connectivity index (χ2n) is 3.96. The van der Waals surface area contributed by atoms with Crippen molar-refractivity contribution in [3.8, 4) is 0 Å². The van der Waals surface area contributed by atoms with Gasteiger partial charge in [-0.1, -0.05) is 18.2 Å². The summed E-state index contributed by atoms with van der Waals surface area (Å²) in [6, 6.07) is 7.73. The molecule has 0 unspecified atom stereocenters. The highest BCUT2D eigenvalue weighted by Crippen LogP contribution is 2.18. The molecule has 7 heteroatoms. The van der Waals surface area contributed by atoms with Crippen molar-refractivity contribution in [1.82, 2.24) is 9.97 Å². The molecule has 1 heterocycles. The number of aryl methyl sites for hydroxylation is 1. The van der Waals surface area contributed by atoms with E-state index in [1.807, 2.05) is 0 Å². The van der Waals surface area contributed by atoms with E-state index >= 15 is 0 Å². The summed E-state index contributed by atoms with van der Waals surface area (Å²) in [5.74, 6) is 0.872. The van der Waals surface area contributed by atoms with Crippen LogP contribution in [0.4, 0.5) is 11.5 Å².